The molecule has 0 unspecified atom stereocenters. The standard InChI is InChI=1S/C10H10N2S.ClH/c11-7-8-3-4-12-9(6-8)10-2-1-5-13-10;/h1-6H,7,11H2;1H. The van der Waals surface area contributed by atoms with E-state index in [1.165, 1.54) is 4.88 Å². The van der Waals surface area contributed by atoms with E-state index in [2.05, 4.69) is 11.1 Å². The minimum absolute atomic E-state index is 0. The lowest BCUT2D eigenvalue weighted by Gasteiger charge is -1.99. The zero-order chi connectivity index (χ0) is 9.10. The van der Waals surface area contributed by atoms with Crippen molar-refractivity contribution in [1.29, 1.82) is 0 Å². The predicted octanol–water partition coefficient (Wildman–Crippen LogP) is 2.69. The van der Waals surface area contributed by atoms with Crippen LogP contribution in [0.3, 0.4) is 0 Å². The lowest BCUT2D eigenvalue weighted by Crippen LogP contribution is -1.96. The third-order valence-electron chi connectivity index (χ3n) is 1.83. The molecule has 2 aromatic rings. The van der Waals surface area contributed by atoms with Gasteiger partial charge in [-0.2, -0.15) is 0 Å². The summed E-state index contributed by atoms with van der Waals surface area (Å²) in [6, 6.07) is 8.06. The molecule has 0 amide bonds. The van der Waals surface area contributed by atoms with Crippen LogP contribution in [0.2, 0.25) is 0 Å². The third kappa shape index (κ3) is 2.32. The Balaban J connectivity index is 0.000000980. The van der Waals surface area contributed by atoms with Crippen molar-refractivity contribution in [3.63, 3.8) is 0 Å². The van der Waals surface area contributed by atoms with Crippen LogP contribution < -0.4 is 5.73 Å². The van der Waals surface area contributed by atoms with E-state index in [9.17, 15) is 0 Å². The summed E-state index contributed by atoms with van der Waals surface area (Å²) in [6.07, 6.45) is 1.80. The maximum Gasteiger partial charge on any atom is 0.0804 e. The summed E-state index contributed by atoms with van der Waals surface area (Å²) in [4.78, 5) is 5.47. The Labute approximate surface area is 93.2 Å². The first kappa shape index (κ1) is 11.2. The van der Waals surface area contributed by atoms with Gasteiger partial charge in [0.1, 0.15) is 0 Å². The summed E-state index contributed by atoms with van der Waals surface area (Å²) < 4.78 is 0. The average Bonchev–Trinajstić information content (AvgIpc) is 2.71. The Morgan fingerprint density at radius 2 is 2.21 bits per heavy atom. The van der Waals surface area contributed by atoms with Gasteiger partial charge in [-0.1, -0.05) is 6.07 Å². The smallest absolute Gasteiger partial charge is 0.0804 e. The molecule has 0 saturated carbocycles. The van der Waals surface area contributed by atoms with Crippen LogP contribution in [0.4, 0.5) is 0 Å². The van der Waals surface area contributed by atoms with E-state index in [1.54, 1.807) is 17.5 Å². The molecule has 0 bridgehead atoms. The summed E-state index contributed by atoms with van der Waals surface area (Å²) >= 11 is 1.69. The number of nitrogens with zero attached hydrogens (tertiary/aromatic N) is 1. The minimum Gasteiger partial charge on any atom is -0.326 e. The van der Waals surface area contributed by atoms with Crippen LogP contribution in [0.15, 0.2) is 35.8 Å². The zero-order valence-electron chi connectivity index (χ0n) is 7.51. The highest BCUT2D eigenvalue weighted by molar-refractivity contribution is 7.13. The van der Waals surface area contributed by atoms with Gasteiger partial charge in [0.25, 0.3) is 0 Å². The number of thiophene rings is 1. The Bertz CT molecular complexity index is 387. The number of hydrogen-bond acceptors (Lipinski definition) is 3. The van der Waals surface area contributed by atoms with Crippen molar-refractivity contribution in [2.45, 2.75) is 6.54 Å². The van der Waals surface area contributed by atoms with Crippen molar-refractivity contribution in [2.24, 2.45) is 5.73 Å². The van der Waals surface area contributed by atoms with Crippen LogP contribution in [0.5, 0.6) is 0 Å². The Kier molecular flexibility index (Phi) is 4.07. The molecule has 14 heavy (non-hydrogen) atoms. The molecule has 2 aromatic heterocycles. The van der Waals surface area contributed by atoms with Gasteiger partial charge in [0.15, 0.2) is 0 Å². The maximum absolute atomic E-state index is 5.55. The molecule has 0 spiro atoms. The van der Waals surface area contributed by atoms with Gasteiger partial charge in [0.05, 0.1) is 10.6 Å². The third-order valence-corrected chi connectivity index (χ3v) is 2.73. The summed E-state index contributed by atoms with van der Waals surface area (Å²) in [5.41, 5.74) is 7.68. The molecular formula is C10H11ClN2S. The normalized spacial score (nSPS) is 9.50. The Morgan fingerprint density at radius 1 is 1.36 bits per heavy atom. The highest BCUT2D eigenvalue weighted by atomic mass is 35.5. The van der Waals surface area contributed by atoms with E-state index < -0.39 is 0 Å². The van der Waals surface area contributed by atoms with Crippen LogP contribution in [-0.4, -0.2) is 4.98 Å². The number of hydrogen-bond donors (Lipinski definition) is 1. The highest BCUT2D eigenvalue weighted by Crippen LogP contribution is 2.22. The summed E-state index contributed by atoms with van der Waals surface area (Å²) in [7, 11) is 0. The molecule has 2 rings (SSSR count). The van der Waals surface area contributed by atoms with Crippen LogP contribution in [-0.2, 0) is 6.54 Å². The van der Waals surface area contributed by atoms with Crippen molar-refractivity contribution in [3.8, 4) is 10.6 Å². The van der Waals surface area contributed by atoms with Crippen LogP contribution in [0, 0.1) is 0 Å². The van der Waals surface area contributed by atoms with Crippen molar-refractivity contribution < 1.29 is 0 Å². The fourth-order valence-corrected chi connectivity index (χ4v) is 1.85. The molecule has 0 aliphatic rings. The predicted molar refractivity (Wildman–Crippen MR) is 62.7 cm³/mol. The van der Waals surface area contributed by atoms with E-state index in [4.69, 9.17) is 5.73 Å². The second-order valence-electron chi connectivity index (χ2n) is 2.73. The maximum atomic E-state index is 5.55. The molecule has 2 N–H and O–H groups in total. The molecule has 74 valence electrons. The lowest BCUT2D eigenvalue weighted by molar-refractivity contribution is 1.06. The Hall–Kier alpha value is -0.900. The molecule has 0 fully saturated rings. The van der Waals surface area contributed by atoms with Crippen LogP contribution >= 0.6 is 23.7 Å². The number of nitrogens with two attached hydrogens (primary N) is 1. The van der Waals surface area contributed by atoms with E-state index in [-0.39, 0.29) is 12.4 Å². The van der Waals surface area contributed by atoms with Crippen LogP contribution in [0.1, 0.15) is 5.56 Å². The van der Waals surface area contributed by atoms with Crippen molar-refractivity contribution in [2.75, 3.05) is 0 Å². The lowest BCUT2D eigenvalue weighted by atomic mass is 10.2. The number of pyridine rings is 1. The second kappa shape index (κ2) is 5.10. The molecule has 0 aromatic carbocycles. The molecule has 0 radical (unpaired) electrons. The van der Waals surface area contributed by atoms with Crippen molar-refractivity contribution in [1.82, 2.24) is 4.98 Å². The van der Waals surface area contributed by atoms with E-state index >= 15 is 0 Å². The van der Waals surface area contributed by atoms with Crippen LogP contribution in [0.25, 0.3) is 10.6 Å². The number of rotatable bonds is 2. The zero-order valence-corrected chi connectivity index (χ0v) is 9.15. The van der Waals surface area contributed by atoms with Gasteiger partial charge in [0.2, 0.25) is 0 Å². The van der Waals surface area contributed by atoms with Gasteiger partial charge < -0.3 is 5.73 Å². The number of halogens is 1. The Morgan fingerprint density at radius 3 is 2.86 bits per heavy atom. The summed E-state index contributed by atoms with van der Waals surface area (Å²) in [5, 5.41) is 2.05. The van der Waals surface area contributed by atoms with Gasteiger partial charge >= 0.3 is 0 Å². The molecule has 0 aliphatic heterocycles. The molecular weight excluding hydrogens is 216 g/mol. The van der Waals surface area contributed by atoms with Gasteiger partial charge in [-0.25, -0.2) is 0 Å². The first-order chi connectivity index (χ1) is 6.40. The second-order valence-corrected chi connectivity index (χ2v) is 3.68. The fraction of sp³-hybridized carbons (Fsp3) is 0.100. The molecule has 0 atom stereocenters. The minimum atomic E-state index is 0. The molecule has 2 nitrogen and oxygen atoms in total. The van der Waals surface area contributed by atoms with Gasteiger partial charge in [-0.05, 0) is 29.1 Å². The van der Waals surface area contributed by atoms with E-state index in [0.29, 0.717) is 6.54 Å². The summed E-state index contributed by atoms with van der Waals surface area (Å²) in [5.74, 6) is 0. The fourth-order valence-electron chi connectivity index (χ4n) is 1.16. The monoisotopic (exact) mass is 226 g/mol. The average molecular weight is 227 g/mol. The highest BCUT2D eigenvalue weighted by Gasteiger charge is 1.99. The van der Waals surface area contributed by atoms with Crippen molar-refractivity contribution in [3.05, 3.63) is 41.4 Å². The number of aromatic nitrogens is 1. The van der Waals surface area contributed by atoms with Gasteiger partial charge in [0, 0.05) is 12.7 Å². The van der Waals surface area contributed by atoms with E-state index in [1.807, 2.05) is 23.6 Å². The topological polar surface area (TPSA) is 38.9 Å². The van der Waals surface area contributed by atoms with Crippen molar-refractivity contribution >= 4 is 23.7 Å². The molecule has 4 heteroatoms. The van der Waals surface area contributed by atoms with Gasteiger partial charge in [-0.3, -0.25) is 4.98 Å². The van der Waals surface area contributed by atoms with E-state index in [0.717, 1.165) is 11.3 Å². The molecule has 0 saturated heterocycles. The first-order valence-corrected chi connectivity index (χ1v) is 4.97. The quantitative estimate of drug-likeness (QED) is 0.855. The first-order valence-electron chi connectivity index (χ1n) is 4.09. The molecule has 0 aliphatic carbocycles. The SMILES string of the molecule is Cl.NCc1ccnc(-c2cccs2)c1. The largest absolute Gasteiger partial charge is 0.326 e. The molecule has 2 heterocycles. The van der Waals surface area contributed by atoms with Gasteiger partial charge in [-0.15, -0.1) is 23.7 Å². The summed E-state index contributed by atoms with van der Waals surface area (Å²) in [6.45, 7) is 0.570.